The summed E-state index contributed by atoms with van der Waals surface area (Å²) < 4.78 is 27.6. The van der Waals surface area contributed by atoms with E-state index in [4.69, 9.17) is 4.74 Å². The predicted molar refractivity (Wildman–Crippen MR) is 80.4 cm³/mol. The first-order chi connectivity index (χ1) is 11.2. The Bertz CT molecular complexity index is 791. The van der Waals surface area contributed by atoms with Crippen LogP contribution in [0.5, 0.6) is 5.75 Å². The largest absolute Gasteiger partial charge is 0.477 e. The van der Waals surface area contributed by atoms with Crippen molar-refractivity contribution in [3.63, 3.8) is 0 Å². The van der Waals surface area contributed by atoms with Gasteiger partial charge in [0.2, 0.25) is 0 Å². The van der Waals surface area contributed by atoms with Crippen molar-refractivity contribution in [1.82, 2.24) is 5.32 Å². The minimum atomic E-state index is -3.15. The Morgan fingerprint density at radius 1 is 1.29 bits per heavy atom. The second kappa shape index (κ2) is 6.78. The SMILES string of the molecule is O=C(COc1ccc([N+](=O)[O-])cc1[N+](=O)[O-])NC1CCS(=O)(=O)C1. The van der Waals surface area contributed by atoms with Gasteiger partial charge in [0.05, 0.1) is 27.4 Å². The summed E-state index contributed by atoms with van der Waals surface area (Å²) in [4.78, 5) is 31.6. The van der Waals surface area contributed by atoms with Gasteiger partial charge in [-0.2, -0.15) is 0 Å². The van der Waals surface area contributed by atoms with Crippen molar-refractivity contribution >= 4 is 27.1 Å². The van der Waals surface area contributed by atoms with Crippen LogP contribution < -0.4 is 10.1 Å². The first-order valence-electron chi connectivity index (χ1n) is 6.73. The van der Waals surface area contributed by atoms with Crippen LogP contribution in [0.25, 0.3) is 0 Å². The average molecular weight is 359 g/mol. The van der Waals surface area contributed by atoms with E-state index in [1.807, 2.05) is 0 Å². The van der Waals surface area contributed by atoms with Gasteiger partial charge >= 0.3 is 5.69 Å². The normalized spacial score (nSPS) is 18.8. The molecule has 2 rings (SSSR count). The maximum Gasteiger partial charge on any atom is 0.317 e. The van der Waals surface area contributed by atoms with Crippen molar-refractivity contribution in [2.45, 2.75) is 12.5 Å². The average Bonchev–Trinajstić information content (AvgIpc) is 2.83. The predicted octanol–water partition coefficient (Wildman–Crippen LogP) is 0.185. The second-order valence-electron chi connectivity index (χ2n) is 5.12. The lowest BCUT2D eigenvalue weighted by Gasteiger charge is -2.11. The summed E-state index contributed by atoms with van der Waals surface area (Å²) in [6, 6.07) is 2.27. The molecule has 1 fully saturated rings. The maximum absolute atomic E-state index is 11.7. The number of nitrogens with zero attached hydrogens (tertiary/aromatic N) is 2. The van der Waals surface area contributed by atoms with E-state index in [1.54, 1.807) is 0 Å². The number of rotatable bonds is 6. The summed E-state index contributed by atoms with van der Waals surface area (Å²) >= 11 is 0. The molecule has 1 aliphatic rings. The summed E-state index contributed by atoms with van der Waals surface area (Å²) in [6.45, 7) is -0.574. The van der Waals surface area contributed by atoms with Crippen LogP contribution >= 0.6 is 0 Å². The number of carbonyl (C=O) groups is 1. The molecule has 24 heavy (non-hydrogen) atoms. The fourth-order valence-corrected chi connectivity index (χ4v) is 3.88. The first-order valence-corrected chi connectivity index (χ1v) is 8.55. The fraction of sp³-hybridized carbons (Fsp3) is 0.417. The molecule has 12 heteroatoms. The molecule has 1 aliphatic heterocycles. The summed E-state index contributed by atoms with van der Waals surface area (Å²) in [5.41, 5.74) is -1.12. The van der Waals surface area contributed by atoms with Gasteiger partial charge in [-0.1, -0.05) is 0 Å². The van der Waals surface area contributed by atoms with Crippen LogP contribution in [-0.2, 0) is 14.6 Å². The molecule has 1 heterocycles. The number of nitro groups is 2. The van der Waals surface area contributed by atoms with Gasteiger partial charge in [0.15, 0.2) is 22.2 Å². The zero-order chi connectivity index (χ0) is 17.9. The van der Waals surface area contributed by atoms with Crippen molar-refractivity contribution in [2.75, 3.05) is 18.1 Å². The highest BCUT2D eigenvalue weighted by atomic mass is 32.2. The van der Waals surface area contributed by atoms with E-state index >= 15 is 0 Å². The third-order valence-corrected chi connectivity index (χ3v) is 5.07. The van der Waals surface area contributed by atoms with Crippen LogP contribution in [0.2, 0.25) is 0 Å². The van der Waals surface area contributed by atoms with Crippen LogP contribution in [0.1, 0.15) is 6.42 Å². The molecule has 130 valence electrons. The number of non-ortho nitro benzene ring substituents is 1. The topological polar surface area (TPSA) is 159 Å². The standard InChI is InChI=1S/C12H13N3O8S/c16-12(13-8-3-4-24(21,22)7-8)6-23-11-2-1-9(14(17)18)5-10(11)15(19)20/h1-2,5,8H,3-4,6-7H2,(H,13,16). The lowest BCUT2D eigenvalue weighted by molar-refractivity contribution is -0.394. The van der Waals surface area contributed by atoms with Gasteiger partial charge in [-0.05, 0) is 12.5 Å². The molecule has 1 saturated heterocycles. The number of benzene rings is 1. The van der Waals surface area contributed by atoms with Gasteiger partial charge in [-0.25, -0.2) is 8.42 Å². The highest BCUT2D eigenvalue weighted by Crippen LogP contribution is 2.30. The summed E-state index contributed by atoms with van der Waals surface area (Å²) in [5.74, 6) is -1.09. The fourth-order valence-electron chi connectivity index (χ4n) is 2.21. The van der Waals surface area contributed by atoms with E-state index in [1.165, 1.54) is 0 Å². The number of nitrogens with one attached hydrogen (secondary N) is 1. The number of carbonyl (C=O) groups excluding carboxylic acids is 1. The Kier molecular flexibility index (Phi) is 4.97. The van der Waals surface area contributed by atoms with Crippen molar-refractivity contribution in [3.8, 4) is 5.75 Å². The monoisotopic (exact) mass is 359 g/mol. The van der Waals surface area contributed by atoms with Crippen molar-refractivity contribution in [1.29, 1.82) is 0 Å². The highest BCUT2D eigenvalue weighted by Gasteiger charge is 2.29. The molecule has 0 aliphatic carbocycles. The molecule has 11 nitrogen and oxygen atoms in total. The molecular formula is C12H13N3O8S. The van der Waals surface area contributed by atoms with E-state index in [2.05, 4.69) is 5.32 Å². The molecule has 0 aromatic heterocycles. The van der Waals surface area contributed by atoms with E-state index in [0.29, 0.717) is 6.42 Å². The van der Waals surface area contributed by atoms with E-state index in [9.17, 15) is 33.4 Å². The Balaban J connectivity index is 1.99. The molecule has 1 aromatic rings. The molecule has 1 amide bonds. The zero-order valence-electron chi connectivity index (χ0n) is 12.2. The van der Waals surface area contributed by atoms with E-state index in [-0.39, 0.29) is 17.3 Å². The smallest absolute Gasteiger partial charge is 0.317 e. The highest BCUT2D eigenvalue weighted by molar-refractivity contribution is 7.91. The third kappa shape index (κ3) is 4.38. The molecule has 0 spiro atoms. The summed E-state index contributed by atoms with van der Waals surface area (Å²) in [7, 11) is -3.15. The molecule has 0 radical (unpaired) electrons. The Morgan fingerprint density at radius 3 is 2.54 bits per heavy atom. The van der Waals surface area contributed by atoms with Gasteiger partial charge < -0.3 is 10.1 Å². The van der Waals surface area contributed by atoms with Crippen LogP contribution in [0.15, 0.2) is 18.2 Å². The molecular weight excluding hydrogens is 346 g/mol. The number of hydrogen-bond donors (Lipinski definition) is 1. The number of nitro benzene ring substituents is 2. The van der Waals surface area contributed by atoms with E-state index in [0.717, 1.165) is 18.2 Å². The van der Waals surface area contributed by atoms with Gasteiger partial charge in [0.25, 0.3) is 11.6 Å². The Labute approximate surface area is 135 Å². The van der Waals surface area contributed by atoms with Gasteiger partial charge in [-0.3, -0.25) is 25.0 Å². The van der Waals surface area contributed by atoms with Crippen LogP contribution in [0.3, 0.4) is 0 Å². The molecule has 1 N–H and O–H groups in total. The molecule has 0 bridgehead atoms. The van der Waals surface area contributed by atoms with Gasteiger partial charge in [0, 0.05) is 12.1 Å². The minimum Gasteiger partial charge on any atom is -0.477 e. The second-order valence-corrected chi connectivity index (χ2v) is 7.35. The molecule has 1 atom stereocenters. The molecule has 0 saturated carbocycles. The van der Waals surface area contributed by atoms with Crippen molar-refractivity contribution in [3.05, 3.63) is 38.4 Å². The van der Waals surface area contributed by atoms with Crippen LogP contribution in [-0.4, -0.2) is 48.3 Å². The van der Waals surface area contributed by atoms with Crippen LogP contribution in [0.4, 0.5) is 11.4 Å². The summed E-state index contributed by atoms with van der Waals surface area (Å²) in [6.07, 6.45) is 0.297. The number of ether oxygens (including phenoxy) is 1. The molecule has 1 unspecified atom stereocenters. The Hall–Kier alpha value is -2.76. The van der Waals surface area contributed by atoms with Gasteiger partial charge in [0.1, 0.15) is 0 Å². The lowest BCUT2D eigenvalue weighted by Crippen LogP contribution is -2.38. The van der Waals surface area contributed by atoms with Gasteiger partial charge in [-0.15, -0.1) is 0 Å². The lowest BCUT2D eigenvalue weighted by atomic mass is 10.2. The summed E-state index contributed by atoms with van der Waals surface area (Å²) in [5, 5.41) is 24.0. The van der Waals surface area contributed by atoms with Crippen LogP contribution in [0, 0.1) is 20.2 Å². The number of amides is 1. The minimum absolute atomic E-state index is 0.00731. The maximum atomic E-state index is 11.7. The molecule has 1 aromatic carbocycles. The first kappa shape index (κ1) is 17.6. The Morgan fingerprint density at radius 2 is 2.00 bits per heavy atom. The quantitative estimate of drug-likeness (QED) is 0.556. The van der Waals surface area contributed by atoms with Crippen molar-refractivity contribution < 1.29 is 27.8 Å². The zero-order valence-corrected chi connectivity index (χ0v) is 13.0. The third-order valence-electron chi connectivity index (χ3n) is 3.31. The number of hydrogen-bond acceptors (Lipinski definition) is 8. The van der Waals surface area contributed by atoms with Crippen molar-refractivity contribution in [2.24, 2.45) is 0 Å². The van der Waals surface area contributed by atoms with E-state index < -0.39 is 49.6 Å². The number of sulfone groups is 1.